The number of rotatable bonds is 2. The van der Waals surface area contributed by atoms with E-state index in [9.17, 15) is 14.4 Å². The molecule has 1 aliphatic rings. The SMILES string of the molecule is CC(C)(c1ccccc1)N1C(=O)CC(=O)NC1=O. The van der Waals surface area contributed by atoms with Gasteiger partial charge in [-0.3, -0.25) is 19.8 Å². The van der Waals surface area contributed by atoms with Gasteiger partial charge in [-0.15, -0.1) is 0 Å². The van der Waals surface area contributed by atoms with Crippen molar-refractivity contribution in [3.8, 4) is 0 Å². The first kappa shape index (κ1) is 12.3. The second kappa shape index (κ2) is 4.25. The van der Waals surface area contributed by atoms with Gasteiger partial charge in [0.1, 0.15) is 6.42 Å². The average molecular weight is 246 g/mol. The van der Waals surface area contributed by atoms with Crippen LogP contribution in [0.4, 0.5) is 4.79 Å². The lowest BCUT2D eigenvalue weighted by Crippen LogP contribution is -2.59. The Morgan fingerprint density at radius 1 is 1.11 bits per heavy atom. The van der Waals surface area contributed by atoms with Crippen molar-refractivity contribution >= 4 is 17.8 Å². The molecule has 18 heavy (non-hydrogen) atoms. The predicted octanol–water partition coefficient (Wildman–Crippen LogP) is 1.39. The molecule has 5 heteroatoms. The fourth-order valence-corrected chi connectivity index (χ4v) is 2.09. The van der Waals surface area contributed by atoms with Crippen LogP contribution in [-0.2, 0) is 15.1 Å². The van der Waals surface area contributed by atoms with Crippen LogP contribution in [-0.4, -0.2) is 22.7 Å². The molecule has 1 aromatic carbocycles. The van der Waals surface area contributed by atoms with Crippen molar-refractivity contribution in [1.82, 2.24) is 10.2 Å². The Bertz CT molecular complexity index is 488. The van der Waals surface area contributed by atoms with Gasteiger partial charge in [-0.1, -0.05) is 30.3 Å². The Morgan fingerprint density at radius 2 is 1.72 bits per heavy atom. The van der Waals surface area contributed by atoms with E-state index in [1.165, 1.54) is 0 Å². The molecule has 2 rings (SSSR count). The zero-order valence-electron chi connectivity index (χ0n) is 10.3. The van der Waals surface area contributed by atoms with Crippen molar-refractivity contribution in [2.75, 3.05) is 0 Å². The molecule has 1 heterocycles. The molecule has 1 fully saturated rings. The van der Waals surface area contributed by atoms with Gasteiger partial charge in [0.2, 0.25) is 11.8 Å². The molecule has 5 nitrogen and oxygen atoms in total. The molecule has 0 saturated carbocycles. The quantitative estimate of drug-likeness (QED) is 0.802. The van der Waals surface area contributed by atoms with Crippen LogP contribution < -0.4 is 5.32 Å². The number of barbiturate groups is 1. The Balaban J connectivity index is 2.38. The fourth-order valence-electron chi connectivity index (χ4n) is 2.09. The van der Waals surface area contributed by atoms with Crippen LogP contribution in [0.5, 0.6) is 0 Å². The summed E-state index contributed by atoms with van der Waals surface area (Å²) in [4.78, 5) is 35.9. The van der Waals surface area contributed by atoms with Gasteiger partial charge >= 0.3 is 6.03 Å². The van der Waals surface area contributed by atoms with Crippen molar-refractivity contribution in [2.24, 2.45) is 0 Å². The summed E-state index contributed by atoms with van der Waals surface area (Å²) in [6.45, 7) is 3.55. The lowest BCUT2D eigenvalue weighted by Gasteiger charge is -2.39. The molecule has 0 spiro atoms. The van der Waals surface area contributed by atoms with Gasteiger partial charge in [0.25, 0.3) is 0 Å². The molecule has 0 aliphatic carbocycles. The van der Waals surface area contributed by atoms with Gasteiger partial charge in [0.05, 0.1) is 5.54 Å². The fraction of sp³-hybridized carbons (Fsp3) is 0.308. The molecular formula is C13H14N2O3. The van der Waals surface area contributed by atoms with Crippen LogP contribution in [0.3, 0.4) is 0 Å². The number of hydrogen-bond acceptors (Lipinski definition) is 3. The average Bonchev–Trinajstić information content (AvgIpc) is 2.28. The first-order valence-corrected chi connectivity index (χ1v) is 5.65. The van der Waals surface area contributed by atoms with E-state index in [-0.39, 0.29) is 6.42 Å². The molecule has 0 unspecified atom stereocenters. The Morgan fingerprint density at radius 3 is 2.28 bits per heavy atom. The minimum atomic E-state index is -0.789. The lowest BCUT2D eigenvalue weighted by molar-refractivity contribution is -0.139. The normalized spacial score (nSPS) is 16.8. The molecular weight excluding hydrogens is 232 g/mol. The molecule has 0 bridgehead atoms. The highest BCUT2D eigenvalue weighted by Crippen LogP contribution is 2.29. The molecule has 4 amide bonds. The van der Waals surface area contributed by atoms with Crippen molar-refractivity contribution in [2.45, 2.75) is 25.8 Å². The minimum Gasteiger partial charge on any atom is -0.277 e. The van der Waals surface area contributed by atoms with E-state index in [2.05, 4.69) is 5.32 Å². The summed E-state index contributed by atoms with van der Waals surface area (Å²) >= 11 is 0. The minimum absolute atomic E-state index is 0.290. The maximum absolute atomic E-state index is 11.9. The number of hydrogen-bond donors (Lipinski definition) is 1. The van der Waals surface area contributed by atoms with Crippen LogP contribution in [0, 0.1) is 0 Å². The summed E-state index contributed by atoms with van der Waals surface area (Å²) < 4.78 is 0. The lowest BCUT2D eigenvalue weighted by atomic mass is 9.91. The van der Waals surface area contributed by atoms with Crippen molar-refractivity contribution in [3.05, 3.63) is 35.9 Å². The number of urea groups is 1. The number of benzene rings is 1. The summed E-state index contributed by atoms with van der Waals surface area (Å²) in [5.41, 5.74) is 0.0474. The van der Waals surface area contributed by atoms with E-state index in [4.69, 9.17) is 0 Å². The molecule has 0 atom stereocenters. The molecule has 1 saturated heterocycles. The summed E-state index contributed by atoms with van der Waals surface area (Å²) in [5.74, 6) is -1.03. The van der Waals surface area contributed by atoms with E-state index in [0.717, 1.165) is 10.5 Å². The third kappa shape index (κ3) is 1.99. The number of carbonyl (C=O) groups is 3. The smallest absolute Gasteiger partial charge is 0.277 e. The van der Waals surface area contributed by atoms with E-state index >= 15 is 0 Å². The van der Waals surface area contributed by atoms with Gasteiger partial charge in [-0.05, 0) is 19.4 Å². The van der Waals surface area contributed by atoms with E-state index in [0.29, 0.717) is 0 Å². The molecule has 94 valence electrons. The standard InChI is InChI=1S/C13H14N2O3/c1-13(2,9-6-4-3-5-7-9)15-11(17)8-10(16)14-12(15)18/h3-7H,8H2,1-2H3,(H,14,16,18). The van der Waals surface area contributed by atoms with E-state index in [1.54, 1.807) is 13.8 Å². The van der Waals surface area contributed by atoms with Crippen LogP contribution in [0.2, 0.25) is 0 Å². The number of nitrogens with one attached hydrogen (secondary N) is 1. The highest BCUT2D eigenvalue weighted by atomic mass is 16.2. The highest BCUT2D eigenvalue weighted by Gasteiger charge is 2.41. The number of carbonyl (C=O) groups excluding carboxylic acids is 3. The first-order valence-electron chi connectivity index (χ1n) is 5.65. The van der Waals surface area contributed by atoms with E-state index in [1.807, 2.05) is 30.3 Å². The van der Waals surface area contributed by atoms with Gasteiger partial charge in [0.15, 0.2) is 0 Å². The second-order valence-electron chi connectivity index (χ2n) is 4.68. The Hall–Kier alpha value is -2.17. The van der Waals surface area contributed by atoms with Gasteiger partial charge in [-0.25, -0.2) is 4.79 Å². The predicted molar refractivity (Wildman–Crippen MR) is 64.5 cm³/mol. The maximum atomic E-state index is 11.9. The van der Waals surface area contributed by atoms with Crippen LogP contribution in [0.1, 0.15) is 25.8 Å². The zero-order chi connectivity index (χ0) is 13.3. The van der Waals surface area contributed by atoms with E-state index < -0.39 is 23.4 Å². The monoisotopic (exact) mass is 246 g/mol. The van der Waals surface area contributed by atoms with Gasteiger partial charge < -0.3 is 0 Å². The number of imide groups is 2. The van der Waals surface area contributed by atoms with Crippen molar-refractivity contribution in [1.29, 1.82) is 0 Å². The number of amides is 4. The summed E-state index contributed by atoms with van der Waals surface area (Å²) in [6.07, 6.45) is -0.290. The Kier molecular flexibility index (Phi) is 2.90. The van der Waals surface area contributed by atoms with Gasteiger partial charge in [0, 0.05) is 0 Å². The zero-order valence-corrected chi connectivity index (χ0v) is 10.3. The first-order chi connectivity index (χ1) is 8.43. The molecule has 0 radical (unpaired) electrons. The third-order valence-electron chi connectivity index (χ3n) is 3.05. The van der Waals surface area contributed by atoms with Crippen molar-refractivity contribution in [3.63, 3.8) is 0 Å². The third-order valence-corrected chi connectivity index (χ3v) is 3.05. The van der Waals surface area contributed by atoms with Crippen LogP contribution in [0.25, 0.3) is 0 Å². The summed E-state index contributed by atoms with van der Waals surface area (Å²) in [5, 5.41) is 2.16. The Labute approximate surface area is 105 Å². The second-order valence-corrected chi connectivity index (χ2v) is 4.68. The van der Waals surface area contributed by atoms with Crippen LogP contribution in [0.15, 0.2) is 30.3 Å². The molecule has 1 N–H and O–H groups in total. The van der Waals surface area contributed by atoms with Crippen LogP contribution >= 0.6 is 0 Å². The highest BCUT2D eigenvalue weighted by molar-refractivity contribution is 6.14. The summed E-state index contributed by atoms with van der Waals surface area (Å²) in [7, 11) is 0. The molecule has 1 aliphatic heterocycles. The molecule has 0 aromatic heterocycles. The molecule has 1 aromatic rings. The topological polar surface area (TPSA) is 66.5 Å². The van der Waals surface area contributed by atoms with Gasteiger partial charge in [-0.2, -0.15) is 0 Å². The van der Waals surface area contributed by atoms with Crippen molar-refractivity contribution < 1.29 is 14.4 Å². The maximum Gasteiger partial charge on any atom is 0.331 e. The summed E-state index contributed by atoms with van der Waals surface area (Å²) in [6, 6.07) is 8.57. The number of nitrogens with zero attached hydrogens (tertiary/aromatic N) is 1. The largest absolute Gasteiger partial charge is 0.331 e.